The Kier molecular flexibility index (Phi) is 6.04. The molecule has 1 aliphatic rings. The number of furan rings is 1. The lowest BCUT2D eigenvalue weighted by Crippen LogP contribution is -2.51. The first-order valence-electron chi connectivity index (χ1n) is 8.77. The Hall–Kier alpha value is -2.49. The summed E-state index contributed by atoms with van der Waals surface area (Å²) in [6.07, 6.45) is 1.30. The van der Waals surface area contributed by atoms with Crippen molar-refractivity contribution in [3.05, 3.63) is 18.1 Å². The van der Waals surface area contributed by atoms with Crippen molar-refractivity contribution in [3.63, 3.8) is 0 Å². The fraction of sp³-hybridized carbons (Fsp3) is 0.529. The highest BCUT2D eigenvalue weighted by molar-refractivity contribution is 7.99. The summed E-state index contributed by atoms with van der Waals surface area (Å²) in [6, 6.07) is 1.85. The highest BCUT2D eigenvalue weighted by Gasteiger charge is 2.25. The molecular weight excluding hydrogens is 370 g/mol. The zero-order valence-electron chi connectivity index (χ0n) is 15.7. The van der Waals surface area contributed by atoms with Gasteiger partial charge in [-0.25, -0.2) is 4.79 Å². The molecule has 1 aliphatic heterocycles. The third-order valence-corrected chi connectivity index (χ3v) is 5.42. The summed E-state index contributed by atoms with van der Waals surface area (Å²) >= 11 is 1.35. The molecule has 0 unspecified atom stereocenters. The molecule has 0 bridgehead atoms. The molecular formula is C17H23N5O4S. The van der Waals surface area contributed by atoms with Crippen molar-refractivity contribution in [3.8, 4) is 11.4 Å². The second-order valence-electron chi connectivity index (χ2n) is 6.11. The number of aryl methyl sites for hydroxylation is 1. The maximum atomic E-state index is 12.5. The predicted octanol–water partition coefficient (Wildman–Crippen LogP) is 1.78. The van der Waals surface area contributed by atoms with Crippen molar-refractivity contribution in [2.75, 3.05) is 38.5 Å². The second-order valence-corrected chi connectivity index (χ2v) is 7.05. The number of carbonyl (C=O) groups excluding carboxylic acids is 2. The van der Waals surface area contributed by atoms with Crippen LogP contribution in [0.15, 0.2) is 21.9 Å². The molecule has 146 valence electrons. The first-order valence-corrected chi connectivity index (χ1v) is 9.76. The largest absolute Gasteiger partial charge is 0.469 e. The fourth-order valence-corrected chi connectivity index (χ4v) is 3.68. The van der Waals surface area contributed by atoms with Crippen LogP contribution in [0.1, 0.15) is 12.7 Å². The molecule has 3 heterocycles. The average molecular weight is 393 g/mol. The van der Waals surface area contributed by atoms with Crippen molar-refractivity contribution in [1.29, 1.82) is 0 Å². The first kappa shape index (κ1) is 19.3. The molecule has 0 atom stereocenters. The van der Waals surface area contributed by atoms with Gasteiger partial charge in [0.1, 0.15) is 5.76 Å². The molecule has 0 N–H and O–H groups in total. The molecule has 1 saturated heterocycles. The standard InChI is InChI=1S/C17H23N5O4S/c1-4-25-17(24)22-8-6-21(7-9-22)14(23)11-27-16-19-18-15(20(16)3)13-5-10-26-12(13)2/h5,10H,4,6-9,11H2,1-3H3. The van der Waals surface area contributed by atoms with Gasteiger partial charge in [0.25, 0.3) is 0 Å². The van der Waals surface area contributed by atoms with E-state index in [0.717, 1.165) is 11.3 Å². The number of amides is 2. The fourth-order valence-electron chi connectivity index (χ4n) is 2.86. The van der Waals surface area contributed by atoms with E-state index in [4.69, 9.17) is 9.15 Å². The van der Waals surface area contributed by atoms with Gasteiger partial charge in [0.15, 0.2) is 11.0 Å². The van der Waals surface area contributed by atoms with Crippen LogP contribution in [-0.2, 0) is 16.6 Å². The smallest absolute Gasteiger partial charge is 0.409 e. The van der Waals surface area contributed by atoms with E-state index in [1.807, 2.05) is 24.6 Å². The lowest BCUT2D eigenvalue weighted by atomic mass is 10.2. The van der Waals surface area contributed by atoms with Crippen LogP contribution in [0.25, 0.3) is 11.4 Å². The molecule has 9 nitrogen and oxygen atoms in total. The van der Waals surface area contributed by atoms with Gasteiger partial charge < -0.3 is 23.5 Å². The van der Waals surface area contributed by atoms with Crippen molar-refractivity contribution in [1.82, 2.24) is 24.6 Å². The van der Waals surface area contributed by atoms with Crippen LogP contribution in [0.4, 0.5) is 4.79 Å². The monoisotopic (exact) mass is 393 g/mol. The first-order chi connectivity index (χ1) is 13.0. The van der Waals surface area contributed by atoms with Gasteiger partial charge in [-0.2, -0.15) is 0 Å². The van der Waals surface area contributed by atoms with Crippen LogP contribution in [0.2, 0.25) is 0 Å². The molecule has 27 heavy (non-hydrogen) atoms. The Morgan fingerprint density at radius 3 is 2.56 bits per heavy atom. The van der Waals surface area contributed by atoms with Gasteiger partial charge in [-0.15, -0.1) is 10.2 Å². The molecule has 0 radical (unpaired) electrons. The van der Waals surface area contributed by atoms with Crippen LogP contribution < -0.4 is 0 Å². The quantitative estimate of drug-likeness (QED) is 0.715. The maximum absolute atomic E-state index is 12.5. The van der Waals surface area contributed by atoms with E-state index in [2.05, 4.69) is 10.2 Å². The number of piperazine rings is 1. The van der Waals surface area contributed by atoms with Gasteiger partial charge in [0.05, 0.1) is 24.2 Å². The molecule has 2 aromatic heterocycles. The number of ether oxygens (including phenoxy) is 1. The third-order valence-electron chi connectivity index (χ3n) is 4.42. The zero-order valence-corrected chi connectivity index (χ0v) is 16.5. The van der Waals surface area contributed by atoms with E-state index in [0.29, 0.717) is 43.8 Å². The molecule has 0 saturated carbocycles. The molecule has 0 aromatic carbocycles. The topological polar surface area (TPSA) is 93.7 Å². The Morgan fingerprint density at radius 2 is 1.93 bits per heavy atom. The number of hydrogen-bond donors (Lipinski definition) is 0. The normalized spacial score (nSPS) is 14.5. The van der Waals surface area contributed by atoms with Crippen LogP contribution in [0.3, 0.4) is 0 Å². The minimum absolute atomic E-state index is 0.0209. The summed E-state index contributed by atoms with van der Waals surface area (Å²) in [5.41, 5.74) is 0.887. The molecule has 1 fully saturated rings. The number of nitrogens with zero attached hydrogens (tertiary/aromatic N) is 5. The molecule has 10 heteroatoms. The SMILES string of the molecule is CCOC(=O)N1CCN(C(=O)CSc2nnc(-c3ccoc3C)n2C)CC1. The summed E-state index contributed by atoms with van der Waals surface area (Å²) in [5.74, 6) is 1.78. The lowest BCUT2D eigenvalue weighted by Gasteiger charge is -2.34. The minimum Gasteiger partial charge on any atom is -0.469 e. The molecule has 0 aliphatic carbocycles. The number of thioether (sulfide) groups is 1. The molecule has 2 amide bonds. The van der Waals surface area contributed by atoms with Crippen LogP contribution in [-0.4, -0.2) is 75.1 Å². The lowest BCUT2D eigenvalue weighted by molar-refractivity contribution is -0.129. The summed E-state index contributed by atoms with van der Waals surface area (Å²) in [5, 5.41) is 9.06. The summed E-state index contributed by atoms with van der Waals surface area (Å²) in [7, 11) is 1.87. The number of carbonyl (C=O) groups is 2. The summed E-state index contributed by atoms with van der Waals surface area (Å²) in [4.78, 5) is 27.6. The molecule has 3 rings (SSSR count). The molecule has 0 spiro atoms. The summed E-state index contributed by atoms with van der Waals surface area (Å²) < 4.78 is 12.2. The maximum Gasteiger partial charge on any atom is 0.409 e. The van der Waals surface area contributed by atoms with Gasteiger partial charge in [-0.05, 0) is 19.9 Å². The second kappa shape index (κ2) is 8.47. The van der Waals surface area contributed by atoms with E-state index in [1.165, 1.54) is 11.8 Å². The van der Waals surface area contributed by atoms with Crippen molar-refractivity contribution in [2.45, 2.75) is 19.0 Å². The highest BCUT2D eigenvalue weighted by atomic mass is 32.2. The van der Waals surface area contributed by atoms with Gasteiger partial charge in [0.2, 0.25) is 5.91 Å². The van der Waals surface area contributed by atoms with Gasteiger partial charge in [-0.3, -0.25) is 4.79 Å². The Morgan fingerprint density at radius 1 is 1.22 bits per heavy atom. The Balaban J connectivity index is 1.53. The van der Waals surface area contributed by atoms with Crippen molar-refractivity contribution >= 4 is 23.8 Å². The van der Waals surface area contributed by atoms with E-state index in [9.17, 15) is 9.59 Å². The van der Waals surface area contributed by atoms with Crippen molar-refractivity contribution in [2.24, 2.45) is 7.05 Å². The van der Waals surface area contributed by atoms with Crippen LogP contribution in [0.5, 0.6) is 0 Å². The summed E-state index contributed by atoms with van der Waals surface area (Å²) in [6.45, 7) is 6.00. The zero-order chi connectivity index (χ0) is 19.4. The number of rotatable bonds is 5. The van der Waals surface area contributed by atoms with Crippen molar-refractivity contribution < 1.29 is 18.7 Å². The van der Waals surface area contributed by atoms with E-state index >= 15 is 0 Å². The number of aromatic nitrogens is 3. The van der Waals surface area contributed by atoms with Crippen LogP contribution >= 0.6 is 11.8 Å². The highest BCUT2D eigenvalue weighted by Crippen LogP contribution is 2.26. The van der Waals surface area contributed by atoms with Crippen LogP contribution in [0, 0.1) is 6.92 Å². The van der Waals surface area contributed by atoms with Gasteiger partial charge in [0, 0.05) is 33.2 Å². The Labute approximate surface area is 161 Å². The number of hydrogen-bond acceptors (Lipinski definition) is 7. The third kappa shape index (κ3) is 4.26. The minimum atomic E-state index is -0.319. The van der Waals surface area contributed by atoms with Gasteiger partial charge >= 0.3 is 6.09 Å². The predicted molar refractivity (Wildman–Crippen MR) is 99.3 cm³/mol. The van der Waals surface area contributed by atoms with E-state index in [1.54, 1.807) is 23.0 Å². The molecule has 2 aromatic rings. The Bertz CT molecular complexity index is 810. The average Bonchev–Trinajstić information content (AvgIpc) is 3.25. The van der Waals surface area contributed by atoms with E-state index < -0.39 is 0 Å². The van der Waals surface area contributed by atoms with Gasteiger partial charge in [-0.1, -0.05) is 11.8 Å². The van der Waals surface area contributed by atoms with E-state index in [-0.39, 0.29) is 17.8 Å².